The van der Waals surface area contributed by atoms with Crippen LogP contribution in [0, 0.1) is 0 Å². The molecule has 0 amide bonds. The van der Waals surface area contributed by atoms with Gasteiger partial charge in [-0.25, -0.2) is 0 Å². The minimum Gasteiger partial charge on any atom is -0.476 e. The Hall–Kier alpha value is -13.4. The Morgan fingerprint density at radius 2 is 0.657 bits per heavy atom. The Balaban J connectivity index is 0.000000185. The maximum Gasteiger partial charge on any atom is 0.249 e. The first kappa shape index (κ1) is 78.9. The van der Waals surface area contributed by atoms with Gasteiger partial charge in [-0.15, -0.1) is 0 Å². The zero-order chi connectivity index (χ0) is 75.0. The number of nitrogen functional groups attached to an aromatic ring is 10. The van der Waals surface area contributed by atoms with Gasteiger partial charge in [-0.3, -0.25) is 5.32 Å². The predicted octanol–water partition coefficient (Wildman–Crippen LogP) is 10.5. The molecule has 0 saturated carbocycles. The number of rotatable bonds is 31. The number of aromatic nitrogens is 10. The SMILES string of the molecule is CCCCOc1nc(N)nc(NCC)c1N.CNCOc1nc(N)nc(Nc2ccccc2)c1N.COCCCOCCCOc1nc(N)nc(Nc2ccccc2)c1N.Nc1nc(Nc2ccccc2)c(N)c(OCc2ccccc2)n1.Nc1nc(Nc2ccccc2)c(N)c(Oc2ccccc2)n1. The fraction of sp³-hybridized carbons (Fsp3) is 0.222. The van der Waals surface area contributed by atoms with E-state index in [2.05, 4.69) is 88.7 Å². The van der Waals surface area contributed by atoms with Gasteiger partial charge in [0.25, 0.3) is 0 Å². The van der Waals surface area contributed by atoms with Gasteiger partial charge in [0.1, 0.15) is 47.5 Å². The molecule has 0 atom stereocenters. The molecule has 0 aliphatic rings. The van der Waals surface area contributed by atoms with E-state index >= 15 is 0 Å². The lowest BCUT2D eigenvalue weighted by Gasteiger charge is -2.13. The molecule has 105 heavy (non-hydrogen) atoms. The highest BCUT2D eigenvalue weighted by molar-refractivity contribution is 5.77. The van der Waals surface area contributed by atoms with Crippen LogP contribution in [0.25, 0.3) is 0 Å². The molecule has 0 radical (unpaired) electrons. The lowest BCUT2D eigenvalue weighted by molar-refractivity contribution is 0.0937. The number of ether oxygens (including phenoxy) is 7. The third-order valence-electron chi connectivity index (χ3n) is 13.7. The van der Waals surface area contributed by atoms with Crippen molar-refractivity contribution in [2.45, 2.75) is 46.1 Å². The maximum absolute atomic E-state index is 6.10. The van der Waals surface area contributed by atoms with Crippen LogP contribution in [0.5, 0.6) is 35.1 Å². The minimum absolute atomic E-state index is 0.0820. The summed E-state index contributed by atoms with van der Waals surface area (Å²) in [7, 11) is 3.43. The number of unbranched alkanes of at least 4 members (excludes halogenated alkanes) is 1. The van der Waals surface area contributed by atoms with Crippen molar-refractivity contribution in [1.29, 1.82) is 0 Å². The first-order chi connectivity index (χ1) is 51.0. The summed E-state index contributed by atoms with van der Waals surface area (Å²) in [6.45, 7) is 8.37. The van der Waals surface area contributed by atoms with E-state index in [4.69, 9.17) is 90.5 Å². The summed E-state index contributed by atoms with van der Waals surface area (Å²) in [4.78, 5) is 40.5. The summed E-state index contributed by atoms with van der Waals surface area (Å²) in [5.41, 5.74) is 64.6. The van der Waals surface area contributed by atoms with Crippen molar-refractivity contribution in [3.63, 3.8) is 0 Å². The van der Waals surface area contributed by atoms with Gasteiger partial charge in [-0.2, -0.15) is 49.8 Å². The monoisotopic (exact) mass is 1430 g/mol. The fourth-order valence-corrected chi connectivity index (χ4v) is 8.68. The van der Waals surface area contributed by atoms with Gasteiger partial charge in [0.15, 0.2) is 29.1 Å². The zero-order valence-corrected chi connectivity index (χ0v) is 58.9. The van der Waals surface area contributed by atoms with E-state index in [0.29, 0.717) is 109 Å². The van der Waals surface area contributed by atoms with Gasteiger partial charge in [0.2, 0.25) is 59.1 Å². The number of methoxy groups -OCH3 is 1. The highest BCUT2D eigenvalue weighted by atomic mass is 16.5. The number of benzene rings is 6. The molecule has 5 aromatic heterocycles. The largest absolute Gasteiger partial charge is 0.476 e. The topological polar surface area (TPSA) is 526 Å². The van der Waals surface area contributed by atoms with Crippen molar-refractivity contribution in [1.82, 2.24) is 55.2 Å². The summed E-state index contributed by atoms with van der Waals surface area (Å²) in [5, 5.41) is 18.2. The molecule has 0 spiro atoms. The third-order valence-corrected chi connectivity index (χ3v) is 13.7. The number of anilines is 19. The van der Waals surface area contributed by atoms with Crippen molar-refractivity contribution < 1.29 is 33.2 Å². The molecular formula is C72H92N26O7. The van der Waals surface area contributed by atoms with E-state index in [9.17, 15) is 0 Å². The first-order valence-electron chi connectivity index (χ1n) is 33.2. The molecule has 0 unspecified atom stereocenters. The average molecular weight is 1430 g/mol. The van der Waals surface area contributed by atoms with E-state index in [1.807, 2.05) is 189 Å². The molecule has 0 saturated heterocycles. The number of para-hydroxylation sites is 5. The van der Waals surface area contributed by atoms with Crippen molar-refractivity contribution >= 4 is 110 Å². The smallest absolute Gasteiger partial charge is 0.249 e. The molecule has 33 heteroatoms. The Labute approximate surface area is 609 Å². The third kappa shape index (κ3) is 27.2. The molecule has 6 aromatic carbocycles. The Morgan fingerprint density at radius 1 is 0.333 bits per heavy atom. The van der Waals surface area contributed by atoms with Gasteiger partial charge in [0, 0.05) is 62.6 Å². The molecule has 26 N–H and O–H groups in total. The maximum atomic E-state index is 6.10. The van der Waals surface area contributed by atoms with Crippen LogP contribution in [0.2, 0.25) is 0 Å². The minimum atomic E-state index is 0.0820. The number of hydrogen-bond donors (Lipinski definition) is 16. The highest BCUT2D eigenvalue weighted by Crippen LogP contribution is 2.35. The second-order valence-corrected chi connectivity index (χ2v) is 21.9. The second kappa shape index (κ2) is 43.3. The van der Waals surface area contributed by atoms with Gasteiger partial charge in [-0.1, -0.05) is 135 Å². The van der Waals surface area contributed by atoms with E-state index in [-0.39, 0.29) is 60.0 Å². The summed E-state index contributed by atoms with van der Waals surface area (Å²) < 4.78 is 38.2. The van der Waals surface area contributed by atoms with Crippen LogP contribution < -0.4 is 113 Å². The van der Waals surface area contributed by atoms with Crippen LogP contribution in [0.1, 0.15) is 45.1 Å². The van der Waals surface area contributed by atoms with Crippen LogP contribution in [-0.2, 0) is 16.1 Å². The molecule has 11 rings (SSSR count). The van der Waals surface area contributed by atoms with Gasteiger partial charge < -0.3 is 117 Å². The molecule has 0 aliphatic carbocycles. The van der Waals surface area contributed by atoms with E-state index in [1.54, 1.807) is 14.2 Å². The lowest BCUT2D eigenvalue weighted by atomic mass is 10.2. The standard InChI is InChI=1S/C17H25N5O3.C17H17N5O.C16H15N5O.C12H16N6O.C10H19N5O/c1-23-9-5-10-24-11-6-12-25-16-14(18)15(21-17(19)22-16)20-13-7-3-2-4-8-13;18-14-15(20-13-9-5-2-6-10-13)21-17(19)22-16(14)23-11-12-7-3-1-4-8-12;17-13-14(19-11-7-3-1-4-8-11)20-16(18)21-15(13)22-12-9-5-2-6-10-12;1-15-7-19-11-9(13)10(17-12(14)18-11)16-8-5-3-2-4-6-8;1-3-5-6-16-9-7(11)8(13-4-2)14-10(12)15-9/h2-4,7-8H,5-6,9-12,18H2,1H3,(H3,19,20,21,22);1-10H,11,18H2,(H3,19,20,21,22);1-10H,17H2,(H3,18,19,20,21);2-6,15H,7,13H2,1H3,(H3,14,16,17,18);3-6,11H2,1-2H3,(H3,12,13,14,15). The molecule has 33 nitrogen and oxygen atoms in total. The number of nitrogens with zero attached hydrogens (tertiary/aromatic N) is 10. The van der Waals surface area contributed by atoms with Crippen LogP contribution in [0.3, 0.4) is 0 Å². The lowest BCUT2D eigenvalue weighted by Crippen LogP contribution is -2.17. The fourth-order valence-electron chi connectivity index (χ4n) is 8.68. The molecule has 0 bridgehead atoms. The Morgan fingerprint density at radius 3 is 1.04 bits per heavy atom. The molecule has 552 valence electrons. The zero-order valence-electron chi connectivity index (χ0n) is 58.9. The highest BCUT2D eigenvalue weighted by Gasteiger charge is 2.18. The van der Waals surface area contributed by atoms with E-state index in [1.165, 1.54) is 0 Å². The number of hydrogen-bond acceptors (Lipinski definition) is 33. The van der Waals surface area contributed by atoms with Gasteiger partial charge in [-0.05, 0) is 93.0 Å². The summed E-state index contributed by atoms with van der Waals surface area (Å²) in [6.07, 6.45) is 3.61. The number of nitrogens with one attached hydrogen (secondary N) is 6. The van der Waals surface area contributed by atoms with Gasteiger partial charge >= 0.3 is 0 Å². The molecule has 11 aromatic rings. The first-order valence-corrected chi connectivity index (χ1v) is 33.2. The summed E-state index contributed by atoms with van der Waals surface area (Å²) in [6, 6.07) is 57.2. The molecule has 0 aliphatic heterocycles. The Kier molecular flexibility index (Phi) is 32.6. The van der Waals surface area contributed by atoms with Crippen LogP contribution in [0.15, 0.2) is 182 Å². The second-order valence-electron chi connectivity index (χ2n) is 21.9. The molecule has 0 fully saturated rings. The normalized spacial score (nSPS) is 10.3. The molecular weight excluding hydrogens is 1340 g/mol. The quantitative estimate of drug-likeness (QED) is 0.0142. The van der Waals surface area contributed by atoms with Crippen molar-refractivity contribution in [2.24, 2.45) is 0 Å². The van der Waals surface area contributed by atoms with E-state index in [0.717, 1.165) is 60.5 Å². The van der Waals surface area contributed by atoms with E-state index < -0.39 is 0 Å². The van der Waals surface area contributed by atoms with Crippen LogP contribution in [-0.4, -0.2) is 110 Å². The summed E-state index contributed by atoms with van der Waals surface area (Å²) >= 11 is 0. The average Bonchev–Trinajstić information content (AvgIpc) is 0.850. The van der Waals surface area contributed by atoms with Crippen LogP contribution >= 0.6 is 0 Å². The van der Waals surface area contributed by atoms with Crippen molar-refractivity contribution in [3.8, 4) is 35.1 Å². The van der Waals surface area contributed by atoms with Crippen molar-refractivity contribution in [3.05, 3.63) is 188 Å². The van der Waals surface area contributed by atoms with Crippen LogP contribution in [0.4, 0.5) is 110 Å². The summed E-state index contributed by atoms with van der Waals surface area (Å²) in [5.74, 6) is 4.72. The Bertz CT molecular complexity index is 4270. The predicted molar refractivity (Wildman–Crippen MR) is 417 cm³/mol. The van der Waals surface area contributed by atoms with Gasteiger partial charge in [0.05, 0.1) is 13.2 Å². The van der Waals surface area contributed by atoms with Crippen molar-refractivity contribution in [2.75, 3.05) is 144 Å². The molecule has 5 heterocycles. The number of nitrogens with two attached hydrogens (primary N) is 10.